The molecule has 2 heterocycles. The van der Waals surface area contributed by atoms with Gasteiger partial charge in [0.05, 0.1) is 5.25 Å². The lowest BCUT2D eigenvalue weighted by atomic mass is 10.1. The number of nitrogens with two attached hydrogens (primary N) is 1. The van der Waals surface area contributed by atoms with Crippen molar-refractivity contribution in [1.29, 1.82) is 0 Å². The lowest BCUT2D eigenvalue weighted by Crippen LogP contribution is -2.47. The number of sulfonamides is 1. The van der Waals surface area contributed by atoms with Gasteiger partial charge in [-0.1, -0.05) is 0 Å². The first-order valence-electron chi connectivity index (χ1n) is 6.11. The zero-order chi connectivity index (χ0) is 14.0. The molecule has 1 saturated heterocycles. The number of likely N-dealkylation sites (tertiary alicyclic amines) is 1. The summed E-state index contributed by atoms with van der Waals surface area (Å²) in [4.78, 5) is 17.9. The molecule has 104 valence electrons. The van der Waals surface area contributed by atoms with Gasteiger partial charge in [-0.25, -0.2) is 13.6 Å². The number of carbonyl (C=O) groups is 1. The van der Waals surface area contributed by atoms with Crippen LogP contribution in [0.1, 0.15) is 28.9 Å². The fourth-order valence-corrected chi connectivity index (χ4v) is 3.13. The topological polar surface area (TPSA) is 93.4 Å². The molecule has 1 aliphatic heterocycles. The molecule has 1 aromatic rings. The molecule has 0 radical (unpaired) electrons. The van der Waals surface area contributed by atoms with E-state index in [1.807, 2.05) is 0 Å². The molecule has 1 fully saturated rings. The van der Waals surface area contributed by atoms with Crippen molar-refractivity contribution in [3.8, 4) is 0 Å². The first-order chi connectivity index (χ1) is 8.88. The summed E-state index contributed by atoms with van der Waals surface area (Å²) in [5.41, 5.74) is 1.29. The molecule has 1 amide bonds. The van der Waals surface area contributed by atoms with Gasteiger partial charge in [-0.3, -0.25) is 9.78 Å². The molecule has 1 unspecified atom stereocenters. The summed E-state index contributed by atoms with van der Waals surface area (Å²) >= 11 is 0. The fraction of sp³-hybridized carbons (Fsp3) is 0.500. The largest absolute Gasteiger partial charge is 0.337 e. The first-order valence-corrected chi connectivity index (χ1v) is 7.72. The molecule has 0 saturated carbocycles. The van der Waals surface area contributed by atoms with Crippen LogP contribution >= 0.6 is 0 Å². The van der Waals surface area contributed by atoms with E-state index in [0.29, 0.717) is 24.9 Å². The summed E-state index contributed by atoms with van der Waals surface area (Å²) in [6, 6.07) is 3.33. The van der Waals surface area contributed by atoms with Crippen LogP contribution in [-0.2, 0) is 10.0 Å². The average molecular weight is 283 g/mol. The van der Waals surface area contributed by atoms with E-state index < -0.39 is 15.3 Å². The zero-order valence-electron chi connectivity index (χ0n) is 10.7. The standard InChI is InChI=1S/C12H17N3O3S/c1-9-7-10(4-5-14-9)12(16)15-6-2-3-11(8-15)19(13,17)18/h4-5,7,11H,2-3,6,8H2,1H3,(H2,13,17,18). The molecule has 0 spiro atoms. The summed E-state index contributed by atoms with van der Waals surface area (Å²) in [5, 5.41) is 4.50. The second-order valence-corrected chi connectivity index (χ2v) is 6.64. The molecule has 19 heavy (non-hydrogen) atoms. The number of hydrogen-bond donors (Lipinski definition) is 1. The lowest BCUT2D eigenvalue weighted by Gasteiger charge is -2.31. The Balaban J connectivity index is 2.16. The van der Waals surface area contributed by atoms with Gasteiger partial charge in [0, 0.05) is 30.5 Å². The third-order valence-electron chi connectivity index (χ3n) is 3.27. The molecule has 1 aliphatic rings. The van der Waals surface area contributed by atoms with E-state index in [-0.39, 0.29) is 12.5 Å². The summed E-state index contributed by atoms with van der Waals surface area (Å²) in [6.45, 7) is 2.53. The number of aryl methyl sites for hydroxylation is 1. The Bertz CT molecular complexity index is 586. The van der Waals surface area contributed by atoms with E-state index in [0.717, 1.165) is 5.69 Å². The molecule has 0 aromatic carbocycles. The fourth-order valence-electron chi connectivity index (χ4n) is 2.25. The molecule has 0 aliphatic carbocycles. The van der Waals surface area contributed by atoms with Crippen molar-refractivity contribution in [2.75, 3.05) is 13.1 Å². The van der Waals surface area contributed by atoms with Crippen molar-refractivity contribution in [2.24, 2.45) is 5.14 Å². The third kappa shape index (κ3) is 3.30. The molecular formula is C12H17N3O3S. The molecule has 6 nitrogen and oxygen atoms in total. The summed E-state index contributed by atoms with van der Waals surface area (Å²) in [7, 11) is -3.59. The average Bonchev–Trinajstić information content (AvgIpc) is 2.37. The number of primary sulfonamides is 1. The Kier molecular flexibility index (Phi) is 3.86. The minimum absolute atomic E-state index is 0.166. The molecular weight excluding hydrogens is 266 g/mol. The highest BCUT2D eigenvalue weighted by molar-refractivity contribution is 7.89. The van der Waals surface area contributed by atoms with E-state index in [4.69, 9.17) is 5.14 Å². The minimum Gasteiger partial charge on any atom is -0.337 e. The number of carbonyl (C=O) groups excluding carboxylic acids is 1. The Morgan fingerprint density at radius 3 is 2.89 bits per heavy atom. The molecule has 1 atom stereocenters. The maximum atomic E-state index is 12.3. The van der Waals surface area contributed by atoms with Gasteiger partial charge >= 0.3 is 0 Å². The monoisotopic (exact) mass is 283 g/mol. The van der Waals surface area contributed by atoms with Gasteiger partial charge < -0.3 is 4.90 Å². The Morgan fingerprint density at radius 1 is 1.53 bits per heavy atom. The second kappa shape index (κ2) is 5.26. The van der Waals surface area contributed by atoms with E-state index in [9.17, 15) is 13.2 Å². The number of hydrogen-bond acceptors (Lipinski definition) is 4. The summed E-state index contributed by atoms with van der Waals surface area (Å²) in [5.74, 6) is -0.168. The van der Waals surface area contributed by atoms with Crippen molar-refractivity contribution in [1.82, 2.24) is 9.88 Å². The second-order valence-electron chi connectivity index (χ2n) is 4.79. The van der Waals surface area contributed by atoms with E-state index >= 15 is 0 Å². The van der Waals surface area contributed by atoms with Gasteiger partial charge in [-0.05, 0) is 31.9 Å². The van der Waals surface area contributed by atoms with Gasteiger partial charge in [0.2, 0.25) is 10.0 Å². The number of amides is 1. The predicted molar refractivity (Wildman–Crippen MR) is 71.0 cm³/mol. The van der Waals surface area contributed by atoms with Crippen LogP contribution in [-0.4, -0.2) is 42.5 Å². The first kappa shape index (κ1) is 14.0. The van der Waals surface area contributed by atoms with Crippen LogP contribution in [0.4, 0.5) is 0 Å². The van der Waals surface area contributed by atoms with Crippen LogP contribution in [0.5, 0.6) is 0 Å². The van der Waals surface area contributed by atoms with Crippen molar-refractivity contribution in [3.63, 3.8) is 0 Å². The molecule has 2 N–H and O–H groups in total. The highest BCUT2D eigenvalue weighted by Gasteiger charge is 2.30. The van der Waals surface area contributed by atoms with Crippen molar-refractivity contribution >= 4 is 15.9 Å². The van der Waals surface area contributed by atoms with Crippen molar-refractivity contribution in [2.45, 2.75) is 25.0 Å². The van der Waals surface area contributed by atoms with E-state index in [1.165, 1.54) is 0 Å². The number of piperidine rings is 1. The minimum atomic E-state index is -3.59. The Hall–Kier alpha value is -1.47. The van der Waals surface area contributed by atoms with E-state index in [1.54, 1.807) is 30.2 Å². The number of nitrogens with zero attached hydrogens (tertiary/aromatic N) is 2. The van der Waals surface area contributed by atoms with Gasteiger partial charge in [-0.15, -0.1) is 0 Å². The maximum Gasteiger partial charge on any atom is 0.254 e. The maximum absolute atomic E-state index is 12.3. The predicted octanol–water partition coefficient (Wildman–Crippen LogP) is 0.283. The highest BCUT2D eigenvalue weighted by Crippen LogP contribution is 2.17. The van der Waals surface area contributed by atoms with Crippen LogP contribution in [0.15, 0.2) is 18.3 Å². The Labute approximate surface area is 112 Å². The quantitative estimate of drug-likeness (QED) is 0.843. The molecule has 0 bridgehead atoms. The number of aromatic nitrogens is 1. The van der Waals surface area contributed by atoms with Gasteiger partial charge in [0.1, 0.15) is 0 Å². The van der Waals surface area contributed by atoms with Crippen LogP contribution in [0.2, 0.25) is 0 Å². The summed E-state index contributed by atoms with van der Waals surface area (Å²) < 4.78 is 22.7. The van der Waals surface area contributed by atoms with Crippen LogP contribution < -0.4 is 5.14 Å². The lowest BCUT2D eigenvalue weighted by molar-refractivity contribution is 0.0726. The van der Waals surface area contributed by atoms with Gasteiger partial charge in [-0.2, -0.15) is 0 Å². The van der Waals surface area contributed by atoms with Crippen molar-refractivity contribution < 1.29 is 13.2 Å². The number of pyridine rings is 1. The Morgan fingerprint density at radius 2 is 2.26 bits per heavy atom. The van der Waals surface area contributed by atoms with Crippen molar-refractivity contribution in [3.05, 3.63) is 29.6 Å². The molecule has 1 aromatic heterocycles. The third-order valence-corrected chi connectivity index (χ3v) is 4.59. The molecule has 7 heteroatoms. The molecule has 2 rings (SSSR count). The smallest absolute Gasteiger partial charge is 0.254 e. The van der Waals surface area contributed by atoms with Crippen LogP contribution in [0.25, 0.3) is 0 Å². The van der Waals surface area contributed by atoms with Gasteiger partial charge in [0.25, 0.3) is 5.91 Å². The van der Waals surface area contributed by atoms with Crippen LogP contribution in [0.3, 0.4) is 0 Å². The number of rotatable bonds is 2. The highest BCUT2D eigenvalue weighted by atomic mass is 32.2. The summed E-state index contributed by atoms with van der Waals surface area (Å²) in [6.07, 6.45) is 2.73. The zero-order valence-corrected chi connectivity index (χ0v) is 11.6. The SMILES string of the molecule is Cc1cc(C(=O)N2CCCC(S(N)(=O)=O)C2)ccn1. The van der Waals surface area contributed by atoms with Crippen LogP contribution in [0, 0.1) is 6.92 Å². The van der Waals surface area contributed by atoms with Gasteiger partial charge in [0.15, 0.2) is 0 Å². The van der Waals surface area contributed by atoms with E-state index in [2.05, 4.69) is 4.98 Å². The normalized spacial score (nSPS) is 20.3.